The third kappa shape index (κ3) is 3.14. The van der Waals surface area contributed by atoms with Crippen molar-refractivity contribution in [3.8, 4) is 0 Å². The Hall–Kier alpha value is -1.20. The summed E-state index contributed by atoms with van der Waals surface area (Å²) >= 11 is 5.65. The first-order chi connectivity index (χ1) is 8.16. The van der Waals surface area contributed by atoms with Crippen LogP contribution in [0.3, 0.4) is 0 Å². The molecular weight excluding hydrogens is 242 g/mol. The van der Waals surface area contributed by atoms with Crippen LogP contribution in [0.2, 0.25) is 5.15 Å². The van der Waals surface area contributed by atoms with Gasteiger partial charge < -0.3 is 5.11 Å². The van der Waals surface area contributed by atoms with Crippen LogP contribution in [0.25, 0.3) is 0 Å². The maximum atomic E-state index is 11.1. The fourth-order valence-electron chi connectivity index (χ4n) is 2.10. The topological polar surface area (TPSA) is 66.3 Å². The highest BCUT2D eigenvalue weighted by atomic mass is 35.5. The molecule has 6 heteroatoms. The van der Waals surface area contributed by atoms with Crippen LogP contribution in [0.5, 0.6) is 0 Å². The van der Waals surface area contributed by atoms with Gasteiger partial charge in [-0.15, -0.1) is 5.10 Å². The number of likely N-dealkylation sites (tertiary alicyclic amines) is 1. The van der Waals surface area contributed by atoms with E-state index in [0.29, 0.717) is 18.1 Å². The lowest BCUT2D eigenvalue weighted by Gasteiger charge is -2.32. The number of nitrogens with zero attached hydrogens (tertiary/aromatic N) is 3. The molecule has 1 aromatic rings. The number of hydrogen-bond acceptors (Lipinski definition) is 4. The lowest BCUT2D eigenvalue weighted by molar-refractivity contribution is -0.144. The van der Waals surface area contributed by atoms with Crippen LogP contribution in [0.15, 0.2) is 12.1 Å². The van der Waals surface area contributed by atoms with Crippen LogP contribution >= 0.6 is 11.6 Å². The maximum Gasteiger partial charge on any atom is 0.320 e. The molecule has 0 saturated carbocycles. The minimum Gasteiger partial charge on any atom is -0.480 e. The number of aromatic nitrogens is 2. The summed E-state index contributed by atoms with van der Waals surface area (Å²) in [7, 11) is 0. The third-order valence-electron chi connectivity index (χ3n) is 2.95. The van der Waals surface area contributed by atoms with Gasteiger partial charge in [-0.2, -0.15) is 5.10 Å². The molecule has 0 aromatic carbocycles. The van der Waals surface area contributed by atoms with E-state index in [1.807, 2.05) is 4.90 Å². The van der Waals surface area contributed by atoms with Crippen LogP contribution in [0, 0.1) is 0 Å². The van der Waals surface area contributed by atoms with Crippen LogP contribution < -0.4 is 0 Å². The molecular formula is C11H14ClN3O2. The average Bonchev–Trinajstić information content (AvgIpc) is 2.32. The monoisotopic (exact) mass is 255 g/mol. The lowest BCUT2D eigenvalue weighted by atomic mass is 10.0. The molecule has 1 N–H and O–H groups in total. The fraction of sp³-hybridized carbons (Fsp3) is 0.545. The molecule has 1 aliphatic rings. The summed E-state index contributed by atoms with van der Waals surface area (Å²) in [5.74, 6) is -0.758. The molecule has 0 amide bonds. The highest BCUT2D eigenvalue weighted by Crippen LogP contribution is 2.19. The van der Waals surface area contributed by atoms with Gasteiger partial charge in [0.15, 0.2) is 5.15 Å². The van der Waals surface area contributed by atoms with Crippen molar-refractivity contribution >= 4 is 17.6 Å². The summed E-state index contributed by atoms with van der Waals surface area (Å²) in [5, 5.41) is 17.2. The van der Waals surface area contributed by atoms with E-state index in [1.54, 1.807) is 12.1 Å². The van der Waals surface area contributed by atoms with E-state index in [9.17, 15) is 4.79 Å². The Labute approximate surface area is 104 Å². The van der Waals surface area contributed by atoms with E-state index >= 15 is 0 Å². The van der Waals surface area contributed by atoms with Crippen molar-refractivity contribution in [3.05, 3.63) is 23.0 Å². The molecule has 92 valence electrons. The number of carbonyl (C=O) groups is 1. The first kappa shape index (κ1) is 12.3. The van der Waals surface area contributed by atoms with Gasteiger partial charge in [-0.05, 0) is 31.5 Å². The maximum absolute atomic E-state index is 11.1. The van der Waals surface area contributed by atoms with E-state index in [4.69, 9.17) is 16.7 Å². The van der Waals surface area contributed by atoms with Gasteiger partial charge >= 0.3 is 5.97 Å². The van der Waals surface area contributed by atoms with Crippen molar-refractivity contribution in [2.45, 2.75) is 31.8 Å². The van der Waals surface area contributed by atoms with E-state index in [0.717, 1.165) is 25.1 Å². The van der Waals surface area contributed by atoms with Crippen molar-refractivity contribution in [2.75, 3.05) is 6.54 Å². The highest BCUT2D eigenvalue weighted by Gasteiger charge is 2.28. The van der Waals surface area contributed by atoms with E-state index < -0.39 is 12.0 Å². The second-order valence-electron chi connectivity index (χ2n) is 4.17. The van der Waals surface area contributed by atoms with Crippen molar-refractivity contribution in [1.29, 1.82) is 0 Å². The fourth-order valence-corrected chi connectivity index (χ4v) is 2.20. The molecule has 1 aromatic heterocycles. The summed E-state index contributed by atoms with van der Waals surface area (Å²) in [4.78, 5) is 13.0. The lowest BCUT2D eigenvalue weighted by Crippen LogP contribution is -2.44. The van der Waals surface area contributed by atoms with Gasteiger partial charge in [-0.25, -0.2) is 0 Å². The Balaban J connectivity index is 2.05. The van der Waals surface area contributed by atoms with Crippen LogP contribution in [0.1, 0.15) is 25.0 Å². The Kier molecular flexibility index (Phi) is 3.91. The average molecular weight is 256 g/mol. The van der Waals surface area contributed by atoms with Gasteiger partial charge in [-0.1, -0.05) is 18.0 Å². The van der Waals surface area contributed by atoms with Gasteiger partial charge in [0, 0.05) is 6.54 Å². The molecule has 0 spiro atoms. The van der Waals surface area contributed by atoms with Crippen molar-refractivity contribution < 1.29 is 9.90 Å². The summed E-state index contributed by atoms with van der Waals surface area (Å²) in [6, 6.07) is 3.05. The third-order valence-corrected chi connectivity index (χ3v) is 3.15. The summed E-state index contributed by atoms with van der Waals surface area (Å²) < 4.78 is 0. The van der Waals surface area contributed by atoms with Gasteiger partial charge in [-0.3, -0.25) is 9.69 Å². The predicted molar refractivity (Wildman–Crippen MR) is 62.7 cm³/mol. The normalized spacial score (nSPS) is 21.4. The molecule has 1 saturated heterocycles. The van der Waals surface area contributed by atoms with Crippen molar-refractivity contribution in [3.63, 3.8) is 0 Å². The molecule has 0 aliphatic carbocycles. The minimum atomic E-state index is -0.758. The molecule has 0 radical (unpaired) electrons. The number of aliphatic carboxylic acids is 1. The molecule has 1 unspecified atom stereocenters. The summed E-state index contributed by atoms with van der Waals surface area (Å²) in [6.45, 7) is 1.31. The quantitative estimate of drug-likeness (QED) is 0.888. The van der Waals surface area contributed by atoms with E-state index in [-0.39, 0.29) is 0 Å². The zero-order valence-electron chi connectivity index (χ0n) is 9.34. The number of piperidine rings is 1. The van der Waals surface area contributed by atoms with Crippen LogP contribution in [-0.2, 0) is 11.3 Å². The number of hydrogen-bond donors (Lipinski definition) is 1. The zero-order chi connectivity index (χ0) is 12.3. The van der Waals surface area contributed by atoms with Crippen LogP contribution in [0.4, 0.5) is 0 Å². The second kappa shape index (κ2) is 5.42. The number of carboxylic acid groups (broad SMARTS) is 1. The molecule has 2 heterocycles. The van der Waals surface area contributed by atoms with Gasteiger partial charge in [0.2, 0.25) is 0 Å². The van der Waals surface area contributed by atoms with Gasteiger partial charge in [0.1, 0.15) is 6.04 Å². The molecule has 2 rings (SSSR count). The minimum absolute atomic E-state index is 0.349. The number of halogens is 1. The summed E-state index contributed by atoms with van der Waals surface area (Å²) in [6.07, 6.45) is 2.71. The molecule has 1 aliphatic heterocycles. The Morgan fingerprint density at radius 2 is 2.29 bits per heavy atom. The molecule has 0 bridgehead atoms. The second-order valence-corrected chi connectivity index (χ2v) is 4.55. The van der Waals surface area contributed by atoms with Gasteiger partial charge in [0.25, 0.3) is 0 Å². The van der Waals surface area contributed by atoms with E-state index in [2.05, 4.69) is 10.2 Å². The van der Waals surface area contributed by atoms with Crippen molar-refractivity contribution in [1.82, 2.24) is 15.1 Å². The smallest absolute Gasteiger partial charge is 0.320 e. The number of carboxylic acids is 1. The molecule has 1 atom stereocenters. The highest BCUT2D eigenvalue weighted by molar-refractivity contribution is 6.29. The standard InChI is InChI=1S/C11H14ClN3O2/c12-10-5-4-8(13-14-10)7-15-6-2-1-3-9(15)11(16)17/h4-5,9H,1-3,6-7H2,(H,16,17). The Morgan fingerprint density at radius 1 is 1.47 bits per heavy atom. The first-order valence-electron chi connectivity index (χ1n) is 5.62. The van der Waals surface area contributed by atoms with Crippen molar-refractivity contribution in [2.24, 2.45) is 0 Å². The summed E-state index contributed by atoms with van der Waals surface area (Å²) in [5.41, 5.74) is 0.752. The van der Waals surface area contributed by atoms with Crippen LogP contribution in [-0.4, -0.2) is 38.8 Å². The SMILES string of the molecule is O=C(O)C1CCCCN1Cc1ccc(Cl)nn1. The Morgan fingerprint density at radius 3 is 2.94 bits per heavy atom. The van der Waals surface area contributed by atoms with E-state index in [1.165, 1.54) is 0 Å². The molecule has 1 fully saturated rings. The first-order valence-corrected chi connectivity index (χ1v) is 5.99. The molecule has 17 heavy (non-hydrogen) atoms. The Bertz CT molecular complexity index is 396. The largest absolute Gasteiger partial charge is 0.480 e. The zero-order valence-corrected chi connectivity index (χ0v) is 10.1. The number of rotatable bonds is 3. The van der Waals surface area contributed by atoms with Gasteiger partial charge in [0.05, 0.1) is 5.69 Å². The predicted octanol–water partition coefficient (Wildman–Crippen LogP) is 1.57. The molecule has 5 nitrogen and oxygen atoms in total.